The molecule has 0 heterocycles. The highest BCUT2D eigenvalue weighted by Crippen LogP contribution is 2.24. The number of carbonyl (C=O) groups is 4. The zero-order valence-corrected chi connectivity index (χ0v) is 25.5. The van der Waals surface area contributed by atoms with Crippen LogP contribution in [0.2, 0.25) is 15.1 Å². The van der Waals surface area contributed by atoms with Gasteiger partial charge in [-0.1, -0.05) is 53.0 Å². The van der Waals surface area contributed by atoms with Gasteiger partial charge in [-0.2, -0.15) is 0 Å². The first-order chi connectivity index (χ1) is 20.2. The van der Waals surface area contributed by atoms with E-state index in [2.05, 4.69) is 0 Å². The number of ketones is 1. The van der Waals surface area contributed by atoms with Gasteiger partial charge in [0.15, 0.2) is 0 Å². The summed E-state index contributed by atoms with van der Waals surface area (Å²) in [6.07, 6.45) is -0.375. The summed E-state index contributed by atoms with van der Waals surface area (Å²) in [5.74, 6) is -5.69. The fraction of sp³-hybridized carbons (Fsp3) is 0.267. The SMILES string of the molecule is CCOC(=O)C(C(C)=O)c1ccc(Cl)cc1F.CCOC(=O)Cc1ccc(Cl)cc1F.O=C(O)Cc1ccc(Cl)cc1F. The molecule has 0 saturated carbocycles. The van der Waals surface area contributed by atoms with Gasteiger partial charge in [-0.15, -0.1) is 0 Å². The van der Waals surface area contributed by atoms with Crippen LogP contribution in [0.3, 0.4) is 0 Å². The monoisotopic (exact) mass is 662 g/mol. The standard InChI is InChI=1S/C12H12ClFO3.C10H10ClFO2.C8H6ClFO2/c1-3-17-12(16)11(7(2)15)9-5-4-8(13)6-10(9)14;1-2-14-10(13)5-7-3-4-8(11)6-9(7)12;9-6-2-1-5(3-8(11)12)7(10)4-6/h4-6,11H,3H2,1-2H3;3-4,6H,2,5H2,1H3;1-2,4H,3H2,(H,11,12). The summed E-state index contributed by atoms with van der Waals surface area (Å²) < 4.78 is 49.1. The first-order valence-electron chi connectivity index (χ1n) is 12.6. The van der Waals surface area contributed by atoms with Crippen molar-refractivity contribution < 1.29 is 46.9 Å². The highest BCUT2D eigenvalue weighted by molar-refractivity contribution is 6.31. The quantitative estimate of drug-likeness (QED) is 0.188. The minimum atomic E-state index is -1.23. The van der Waals surface area contributed by atoms with Gasteiger partial charge in [0.2, 0.25) is 0 Å². The van der Waals surface area contributed by atoms with E-state index in [1.807, 2.05) is 0 Å². The van der Waals surface area contributed by atoms with Crippen LogP contribution in [0.1, 0.15) is 43.4 Å². The third kappa shape index (κ3) is 13.5. The van der Waals surface area contributed by atoms with E-state index in [0.29, 0.717) is 17.2 Å². The number of hydrogen-bond donors (Lipinski definition) is 1. The van der Waals surface area contributed by atoms with Crippen molar-refractivity contribution in [1.29, 1.82) is 0 Å². The fourth-order valence-electron chi connectivity index (χ4n) is 3.33. The number of esters is 2. The molecule has 3 aromatic carbocycles. The molecule has 0 saturated heterocycles. The second kappa shape index (κ2) is 18.8. The average Bonchev–Trinajstić information content (AvgIpc) is 2.90. The molecule has 3 rings (SSSR count). The molecule has 7 nitrogen and oxygen atoms in total. The first kappa shape index (κ1) is 37.4. The lowest BCUT2D eigenvalue weighted by atomic mass is 9.95. The van der Waals surface area contributed by atoms with Gasteiger partial charge in [-0.05, 0) is 68.3 Å². The maximum Gasteiger partial charge on any atom is 0.321 e. The maximum absolute atomic E-state index is 13.6. The van der Waals surface area contributed by atoms with Gasteiger partial charge in [0.1, 0.15) is 29.2 Å². The van der Waals surface area contributed by atoms with Gasteiger partial charge in [0.05, 0.1) is 26.1 Å². The summed E-state index contributed by atoms with van der Waals surface area (Å²) in [5.41, 5.74) is 0.431. The van der Waals surface area contributed by atoms with Crippen LogP contribution in [0, 0.1) is 17.5 Å². The van der Waals surface area contributed by atoms with Crippen LogP contribution < -0.4 is 0 Å². The van der Waals surface area contributed by atoms with Crippen molar-refractivity contribution in [3.8, 4) is 0 Å². The summed E-state index contributed by atoms with van der Waals surface area (Å²) in [6, 6.07) is 11.9. The Kier molecular flexibility index (Phi) is 16.4. The Bertz CT molecular complexity index is 1430. The third-order valence-corrected chi connectivity index (χ3v) is 5.92. The number of ether oxygens (including phenoxy) is 2. The summed E-state index contributed by atoms with van der Waals surface area (Å²) in [4.78, 5) is 44.2. The number of aliphatic carboxylic acids is 1. The second-order valence-corrected chi connectivity index (χ2v) is 9.79. The minimum absolute atomic E-state index is 0.0136. The van der Waals surface area contributed by atoms with Crippen LogP contribution in [-0.4, -0.2) is 42.0 Å². The number of rotatable bonds is 9. The van der Waals surface area contributed by atoms with Gasteiger partial charge in [0, 0.05) is 20.6 Å². The molecular formula is C30H28Cl3F3O7. The molecular weight excluding hydrogens is 636 g/mol. The summed E-state index contributed by atoms with van der Waals surface area (Å²) >= 11 is 16.6. The maximum atomic E-state index is 13.6. The Morgan fingerprint density at radius 3 is 1.56 bits per heavy atom. The predicted octanol–water partition coefficient (Wildman–Crippen LogP) is 7.41. The molecule has 232 valence electrons. The fourth-order valence-corrected chi connectivity index (χ4v) is 3.81. The van der Waals surface area contributed by atoms with Gasteiger partial charge in [-0.3, -0.25) is 19.2 Å². The zero-order valence-electron chi connectivity index (χ0n) is 23.3. The van der Waals surface area contributed by atoms with E-state index in [-0.39, 0.29) is 40.6 Å². The van der Waals surface area contributed by atoms with E-state index < -0.39 is 47.1 Å². The van der Waals surface area contributed by atoms with Crippen molar-refractivity contribution in [2.75, 3.05) is 13.2 Å². The van der Waals surface area contributed by atoms with Gasteiger partial charge >= 0.3 is 17.9 Å². The number of carboxylic acids is 1. The van der Waals surface area contributed by atoms with Crippen LogP contribution in [0.5, 0.6) is 0 Å². The number of benzene rings is 3. The molecule has 0 amide bonds. The van der Waals surface area contributed by atoms with Crippen LogP contribution in [0.25, 0.3) is 0 Å². The highest BCUT2D eigenvalue weighted by Gasteiger charge is 2.29. The molecule has 1 atom stereocenters. The summed E-state index contributed by atoms with van der Waals surface area (Å²) in [6.45, 7) is 4.98. The average molecular weight is 664 g/mol. The lowest BCUT2D eigenvalue weighted by Gasteiger charge is -2.13. The molecule has 0 spiro atoms. The van der Waals surface area contributed by atoms with E-state index in [4.69, 9.17) is 49.4 Å². The van der Waals surface area contributed by atoms with Crippen LogP contribution >= 0.6 is 34.8 Å². The number of hydrogen-bond acceptors (Lipinski definition) is 6. The smallest absolute Gasteiger partial charge is 0.321 e. The minimum Gasteiger partial charge on any atom is -0.481 e. The lowest BCUT2D eigenvalue weighted by Crippen LogP contribution is -2.23. The molecule has 0 aliphatic rings. The Hall–Kier alpha value is -3.60. The molecule has 1 unspecified atom stereocenters. The van der Waals surface area contributed by atoms with Crippen molar-refractivity contribution >= 4 is 58.5 Å². The van der Waals surface area contributed by atoms with Crippen LogP contribution in [-0.2, 0) is 41.5 Å². The zero-order chi connectivity index (χ0) is 32.7. The lowest BCUT2D eigenvalue weighted by molar-refractivity contribution is -0.147. The van der Waals surface area contributed by atoms with E-state index in [1.54, 1.807) is 19.9 Å². The van der Waals surface area contributed by atoms with Crippen molar-refractivity contribution in [3.63, 3.8) is 0 Å². The Balaban J connectivity index is 0.000000328. The Morgan fingerprint density at radius 2 is 1.16 bits per heavy atom. The Morgan fingerprint density at radius 1 is 0.721 bits per heavy atom. The Labute approximate surface area is 261 Å². The molecule has 0 fully saturated rings. The van der Waals surface area contributed by atoms with Gasteiger partial charge < -0.3 is 14.6 Å². The third-order valence-electron chi connectivity index (χ3n) is 5.21. The summed E-state index contributed by atoms with van der Waals surface area (Å²) in [7, 11) is 0. The summed E-state index contributed by atoms with van der Waals surface area (Å²) in [5, 5.41) is 9.15. The molecule has 43 heavy (non-hydrogen) atoms. The van der Waals surface area contributed by atoms with E-state index in [9.17, 15) is 32.3 Å². The van der Waals surface area contributed by atoms with Gasteiger partial charge in [0.25, 0.3) is 0 Å². The molecule has 13 heteroatoms. The van der Waals surface area contributed by atoms with Crippen molar-refractivity contribution in [2.24, 2.45) is 0 Å². The van der Waals surface area contributed by atoms with Crippen molar-refractivity contribution in [2.45, 2.75) is 39.5 Å². The van der Waals surface area contributed by atoms with Crippen LogP contribution in [0.4, 0.5) is 13.2 Å². The van der Waals surface area contributed by atoms with E-state index in [1.165, 1.54) is 43.3 Å². The number of halogens is 6. The number of carboxylic acid groups (broad SMARTS) is 1. The number of carbonyl (C=O) groups excluding carboxylic acids is 3. The predicted molar refractivity (Wildman–Crippen MR) is 156 cm³/mol. The van der Waals surface area contributed by atoms with E-state index in [0.717, 1.165) is 12.1 Å². The molecule has 0 aliphatic carbocycles. The van der Waals surface area contributed by atoms with Gasteiger partial charge in [-0.25, -0.2) is 13.2 Å². The normalized spacial score (nSPS) is 10.7. The molecule has 0 aromatic heterocycles. The molecule has 0 radical (unpaired) electrons. The van der Waals surface area contributed by atoms with E-state index >= 15 is 0 Å². The van der Waals surface area contributed by atoms with Crippen molar-refractivity contribution in [1.82, 2.24) is 0 Å². The molecule has 0 aliphatic heterocycles. The number of Topliss-reactive ketones (excluding diaryl/α,β-unsaturated/α-hetero) is 1. The van der Waals surface area contributed by atoms with Crippen LogP contribution in [0.15, 0.2) is 54.6 Å². The second-order valence-electron chi connectivity index (χ2n) is 8.49. The van der Waals surface area contributed by atoms with Crippen molar-refractivity contribution in [3.05, 3.63) is 104 Å². The largest absolute Gasteiger partial charge is 0.481 e. The molecule has 1 N–H and O–H groups in total. The first-order valence-corrected chi connectivity index (χ1v) is 13.7. The molecule has 3 aromatic rings. The highest BCUT2D eigenvalue weighted by atomic mass is 35.5. The molecule has 0 bridgehead atoms. The topological polar surface area (TPSA) is 107 Å².